The number of hydrogen-bond acceptors (Lipinski definition) is 1. The fourth-order valence-electron chi connectivity index (χ4n) is 1.36. The van der Waals surface area contributed by atoms with Crippen LogP contribution in [0.15, 0.2) is 24.3 Å². The van der Waals surface area contributed by atoms with Crippen molar-refractivity contribution < 1.29 is 4.39 Å². The van der Waals surface area contributed by atoms with Gasteiger partial charge < -0.3 is 5.73 Å². The first-order chi connectivity index (χ1) is 6.61. The number of aryl methyl sites for hydroxylation is 1. The van der Waals surface area contributed by atoms with E-state index in [1.54, 1.807) is 6.07 Å². The van der Waals surface area contributed by atoms with Gasteiger partial charge in [-0.15, -0.1) is 0 Å². The first kappa shape index (κ1) is 11.2. The topological polar surface area (TPSA) is 26.0 Å². The van der Waals surface area contributed by atoms with Crippen molar-refractivity contribution in [3.05, 3.63) is 35.6 Å². The Balaban J connectivity index is 2.50. The molecule has 0 fully saturated rings. The van der Waals surface area contributed by atoms with Gasteiger partial charge >= 0.3 is 0 Å². The van der Waals surface area contributed by atoms with E-state index < -0.39 is 0 Å². The van der Waals surface area contributed by atoms with Crippen LogP contribution in [-0.4, -0.2) is 6.04 Å². The molecular weight excluding hydrogens is 177 g/mol. The summed E-state index contributed by atoms with van der Waals surface area (Å²) in [6.45, 7) is 4.18. The minimum atomic E-state index is -0.122. The molecule has 0 radical (unpaired) electrons. The third-order valence-corrected chi connectivity index (χ3v) is 2.56. The lowest BCUT2D eigenvalue weighted by atomic mass is 9.97. The van der Waals surface area contributed by atoms with Crippen molar-refractivity contribution in [1.82, 2.24) is 0 Å². The van der Waals surface area contributed by atoms with Gasteiger partial charge in [-0.2, -0.15) is 0 Å². The predicted molar refractivity (Wildman–Crippen MR) is 57.5 cm³/mol. The van der Waals surface area contributed by atoms with E-state index in [4.69, 9.17) is 5.73 Å². The number of rotatable bonds is 4. The van der Waals surface area contributed by atoms with Crippen LogP contribution < -0.4 is 5.73 Å². The SMILES string of the molecule is CC(C)C(N)CCc1ccccc1F. The van der Waals surface area contributed by atoms with Crippen molar-refractivity contribution in [1.29, 1.82) is 0 Å². The molecule has 0 saturated carbocycles. The molecule has 1 nitrogen and oxygen atoms in total. The number of nitrogens with two attached hydrogens (primary N) is 1. The highest BCUT2D eigenvalue weighted by molar-refractivity contribution is 5.17. The monoisotopic (exact) mass is 195 g/mol. The Morgan fingerprint density at radius 3 is 2.50 bits per heavy atom. The van der Waals surface area contributed by atoms with Gasteiger partial charge in [0.05, 0.1) is 0 Å². The summed E-state index contributed by atoms with van der Waals surface area (Å²) >= 11 is 0. The summed E-state index contributed by atoms with van der Waals surface area (Å²) in [5.41, 5.74) is 6.66. The predicted octanol–water partition coefficient (Wildman–Crippen LogP) is 2.74. The van der Waals surface area contributed by atoms with Crippen molar-refractivity contribution in [3.8, 4) is 0 Å². The molecule has 0 aromatic heterocycles. The van der Waals surface area contributed by atoms with Crippen LogP contribution in [-0.2, 0) is 6.42 Å². The maximum Gasteiger partial charge on any atom is 0.126 e. The molecule has 0 aliphatic rings. The van der Waals surface area contributed by atoms with E-state index in [0.29, 0.717) is 5.92 Å². The molecule has 2 heteroatoms. The van der Waals surface area contributed by atoms with Gasteiger partial charge in [-0.3, -0.25) is 0 Å². The van der Waals surface area contributed by atoms with Crippen LogP contribution in [0, 0.1) is 11.7 Å². The van der Waals surface area contributed by atoms with Crippen molar-refractivity contribution in [2.24, 2.45) is 11.7 Å². The second kappa shape index (κ2) is 5.11. The lowest BCUT2D eigenvalue weighted by Gasteiger charge is -2.15. The van der Waals surface area contributed by atoms with E-state index in [1.807, 2.05) is 12.1 Å². The first-order valence-electron chi connectivity index (χ1n) is 5.10. The summed E-state index contributed by atoms with van der Waals surface area (Å²) in [6.07, 6.45) is 1.57. The molecule has 1 aromatic rings. The molecular formula is C12H18FN. The van der Waals surface area contributed by atoms with Gasteiger partial charge in [0.25, 0.3) is 0 Å². The van der Waals surface area contributed by atoms with E-state index in [1.165, 1.54) is 6.07 Å². The molecule has 0 aliphatic carbocycles. The Labute approximate surface area is 85.1 Å². The van der Waals surface area contributed by atoms with Gasteiger partial charge in [-0.25, -0.2) is 4.39 Å². The van der Waals surface area contributed by atoms with Crippen LogP contribution in [0.3, 0.4) is 0 Å². The fourth-order valence-corrected chi connectivity index (χ4v) is 1.36. The summed E-state index contributed by atoms with van der Waals surface area (Å²) in [5, 5.41) is 0. The van der Waals surface area contributed by atoms with Crippen molar-refractivity contribution >= 4 is 0 Å². The molecule has 0 spiro atoms. The molecule has 0 amide bonds. The molecule has 1 aromatic carbocycles. The smallest absolute Gasteiger partial charge is 0.126 e. The fraction of sp³-hybridized carbons (Fsp3) is 0.500. The van der Waals surface area contributed by atoms with E-state index in [2.05, 4.69) is 13.8 Å². The zero-order chi connectivity index (χ0) is 10.6. The van der Waals surface area contributed by atoms with Crippen LogP contribution in [0.4, 0.5) is 4.39 Å². The zero-order valence-corrected chi connectivity index (χ0v) is 8.83. The standard InChI is InChI=1S/C12H18FN/c1-9(2)12(14)8-7-10-5-3-4-6-11(10)13/h3-6,9,12H,7-8,14H2,1-2H3. The van der Waals surface area contributed by atoms with Crippen LogP contribution in [0.1, 0.15) is 25.8 Å². The van der Waals surface area contributed by atoms with Crippen LogP contribution in [0.5, 0.6) is 0 Å². The van der Waals surface area contributed by atoms with E-state index in [0.717, 1.165) is 18.4 Å². The molecule has 0 bridgehead atoms. The largest absolute Gasteiger partial charge is 0.327 e. The Kier molecular flexibility index (Phi) is 4.08. The maximum absolute atomic E-state index is 13.2. The second-order valence-electron chi connectivity index (χ2n) is 4.04. The van der Waals surface area contributed by atoms with Crippen LogP contribution >= 0.6 is 0 Å². The number of halogens is 1. The van der Waals surface area contributed by atoms with Crippen LogP contribution in [0.2, 0.25) is 0 Å². The Hall–Kier alpha value is -0.890. The Bertz CT molecular complexity index is 283. The van der Waals surface area contributed by atoms with Crippen LogP contribution in [0.25, 0.3) is 0 Å². The molecule has 1 rings (SSSR count). The molecule has 1 unspecified atom stereocenters. The quantitative estimate of drug-likeness (QED) is 0.785. The van der Waals surface area contributed by atoms with E-state index >= 15 is 0 Å². The highest BCUT2D eigenvalue weighted by atomic mass is 19.1. The molecule has 0 saturated heterocycles. The van der Waals surface area contributed by atoms with Gasteiger partial charge in [0.2, 0.25) is 0 Å². The number of hydrogen-bond donors (Lipinski definition) is 1. The summed E-state index contributed by atoms with van der Waals surface area (Å²) < 4.78 is 13.2. The van der Waals surface area contributed by atoms with Gasteiger partial charge in [0.1, 0.15) is 5.82 Å². The minimum absolute atomic E-state index is 0.122. The summed E-state index contributed by atoms with van der Waals surface area (Å²) in [7, 11) is 0. The summed E-state index contributed by atoms with van der Waals surface area (Å²) in [6, 6.07) is 7.05. The zero-order valence-electron chi connectivity index (χ0n) is 8.83. The molecule has 78 valence electrons. The highest BCUT2D eigenvalue weighted by Crippen LogP contribution is 2.12. The lowest BCUT2D eigenvalue weighted by molar-refractivity contribution is 0.460. The molecule has 0 heterocycles. The van der Waals surface area contributed by atoms with Crippen molar-refractivity contribution in [2.45, 2.75) is 32.7 Å². The third kappa shape index (κ3) is 3.11. The van der Waals surface area contributed by atoms with E-state index in [-0.39, 0.29) is 11.9 Å². The first-order valence-corrected chi connectivity index (χ1v) is 5.10. The molecule has 0 aliphatic heterocycles. The highest BCUT2D eigenvalue weighted by Gasteiger charge is 2.08. The second-order valence-corrected chi connectivity index (χ2v) is 4.04. The van der Waals surface area contributed by atoms with Gasteiger partial charge in [-0.05, 0) is 30.4 Å². The Morgan fingerprint density at radius 1 is 1.29 bits per heavy atom. The van der Waals surface area contributed by atoms with Gasteiger partial charge in [-0.1, -0.05) is 32.0 Å². The number of benzene rings is 1. The molecule has 1 atom stereocenters. The molecule has 14 heavy (non-hydrogen) atoms. The summed E-state index contributed by atoms with van der Waals surface area (Å²) in [4.78, 5) is 0. The van der Waals surface area contributed by atoms with E-state index in [9.17, 15) is 4.39 Å². The Morgan fingerprint density at radius 2 is 1.93 bits per heavy atom. The third-order valence-electron chi connectivity index (χ3n) is 2.56. The average molecular weight is 195 g/mol. The van der Waals surface area contributed by atoms with Gasteiger partial charge in [0, 0.05) is 6.04 Å². The lowest BCUT2D eigenvalue weighted by Crippen LogP contribution is -2.26. The minimum Gasteiger partial charge on any atom is -0.327 e. The molecule has 2 N–H and O–H groups in total. The van der Waals surface area contributed by atoms with Crippen molar-refractivity contribution in [3.63, 3.8) is 0 Å². The summed E-state index contributed by atoms with van der Waals surface area (Å²) in [5.74, 6) is 0.338. The normalized spacial score (nSPS) is 13.2. The maximum atomic E-state index is 13.2. The van der Waals surface area contributed by atoms with Gasteiger partial charge in [0.15, 0.2) is 0 Å². The van der Waals surface area contributed by atoms with Crippen molar-refractivity contribution in [2.75, 3.05) is 0 Å². The average Bonchev–Trinajstić information content (AvgIpc) is 2.16.